The van der Waals surface area contributed by atoms with Gasteiger partial charge in [-0.15, -0.1) is 0 Å². The highest BCUT2D eigenvalue weighted by atomic mass is 16.5. The van der Waals surface area contributed by atoms with E-state index in [0.29, 0.717) is 29.9 Å². The second-order valence-electron chi connectivity index (χ2n) is 6.57. The minimum Gasteiger partial charge on any atom is -0.493 e. The number of carboxylic acid groups (broad SMARTS) is 1. The van der Waals surface area contributed by atoms with E-state index in [1.54, 1.807) is 20.3 Å². The number of aromatic amines is 1. The van der Waals surface area contributed by atoms with Crippen LogP contribution in [0.1, 0.15) is 28.4 Å². The summed E-state index contributed by atoms with van der Waals surface area (Å²) in [6.07, 6.45) is 4.80. The number of allylic oxidation sites excluding steroid dienone is 1. The molecule has 0 bridgehead atoms. The first-order valence-electron chi connectivity index (χ1n) is 8.46. The molecule has 1 atom stereocenters. The normalized spacial score (nSPS) is 14.6. The molecule has 1 aromatic heterocycles. The minimum absolute atomic E-state index is 0.0418. The molecule has 0 saturated carbocycles. The topological polar surface area (TPSA) is 74.8 Å². The van der Waals surface area contributed by atoms with E-state index in [1.807, 2.05) is 38.5 Å². The van der Waals surface area contributed by atoms with Crippen molar-refractivity contribution < 1.29 is 19.4 Å². The molecule has 26 heavy (non-hydrogen) atoms. The van der Waals surface area contributed by atoms with Crippen molar-refractivity contribution >= 4 is 5.97 Å². The lowest BCUT2D eigenvalue weighted by molar-refractivity contribution is -0.132. The van der Waals surface area contributed by atoms with Crippen molar-refractivity contribution in [3.8, 4) is 11.5 Å². The van der Waals surface area contributed by atoms with Gasteiger partial charge in [-0.3, -0.25) is 4.90 Å². The molecular weight excluding hydrogens is 332 g/mol. The second kappa shape index (κ2) is 7.25. The number of para-hydroxylation sites is 1. The van der Waals surface area contributed by atoms with E-state index >= 15 is 0 Å². The van der Waals surface area contributed by atoms with E-state index in [1.165, 1.54) is 0 Å². The van der Waals surface area contributed by atoms with Crippen LogP contribution in [0.4, 0.5) is 0 Å². The van der Waals surface area contributed by atoms with Gasteiger partial charge in [-0.05, 0) is 37.7 Å². The number of aromatic nitrogens is 1. The summed E-state index contributed by atoms with van der Waals surface area (Å²) in [6, 6.07) is 5.82. The van der Waals surface area contributed by atoms with Crippen LogP contribution >= 0.6 is 0 Å². The number of ether oxygens (including phenoxy) is 2. The van der Waals surface area contributed by atoms with Crippen LogP contribution in [0.2, 0.25) is 0 Å². The van der Waals surface area contributed by atoms with Gasteiger partial charge < -0.3 is 19.6 Å². The van der Waals surface area contributed by atoms with Gasteiger partial charge in [0.25, 0.3) is 0 Å². The number of methoxy groups -OCH3 is 2. The minimum atomic E-state index is -0.856. The van der Waals surface area contributed by atoms with E-state index in [4.69, 9.17) is 9.47 Å². The first-order valence-corrected chi connectivity index (χ1v) is 8.46. The fourth-order valence-electron chi connectivity index (χ4n) is 3.66. The Morgan fingerprint density at radius 1 is 1.23 bits per heavy atom. The number of hydrogen-bond acceptors (Lipinski definition) is 4. The Morgan fingerprint density at radius 2 is 2.00 bits per heavy atom. The molecule has 0 radical (unpaired) electrons. The molecule has 1 aliphatic carbocycles. The molecule has 0 saturated heterocycles. The van der Waals surface area contributed by atoms with E-state index < -0.39 is 5.97 Å². The molecule has 1 aliphatic rings. The van der Waals surface area contributed by atoms with Gasteiger partial charge in [0.05, 0.1) is 20.3 Å². The summed E-state index contributed by atoms with van der Waals surface area (Å²) in [7, 11) is 7.31. The summed E-state index contributed by atoms with van der Waals surface area (Å²) in [5.41, 5.74) is 4.68. The van der Waals surface area contributed by atoms with Crippen LogP contribution in [0.5, 0.6) is 11.5 Å². The molecule has 0 fully saturated rings. The SMILES string of the molecule is COc1cccc(C(c2c[nH]c3c2CC=C(C(=O)O)C3)N(C)C)c1OC. The molecule has 138 valence electrons. The Bertz CT molecular complexity index is 851. The lowest BCUT2D eigenvalue weighted by Gasteiger charge is -2.28. The maximum atomic E-state index is 11.3. The van der Waals surface area contributed by atoms with Gasteiger partial charge in [-0.1, -0.05) is 18.2 Å². The largest absolute Gasteiger partial charge is 0.493 e. The van der Waals surface area contributed by atoms with Gasteiger partial charge in [0.1, 0.15) is 0 Å². The molecule has 1 heterocycles. The Labute approximate surface area is 153 Å². The highest BCUT2D eigenvalue weighted by Gasteiger charge is 2.28. The van der Waals surface area contributed by atoms with E-state index in [2.05, 4.69) is 9.88 Å². The third-order valence-corrected chi connectivity index (χ3v) is 4.85. The van der Waals surface area contributed by atoms with Crippen molar-refractivity contribution in [3.05, 3.63) is 58.4 Å². The second-order valence-corrected chi connectivity index (χ2v) is 6.57. The van der Waals surface area contributed by atoms with Gasteiger partial charge in [0, 0.05) is 29.4 Å². The zero-order valence-electron chi connectivity index (χ0n) is 15.5. The molecule has 2 N–H and O–H groups in total. The van der Waals surface area contributed by atoms with Gasteiger partial charge in [-0.2, -0.15) is 0 Å². The number of H-pyrrole nitrogens is 1. The van der Waals surface area contributed by atoms with Crippen molar-refractivity contribution in [3.63, 3.8) is 0 Å². The van der Waals surface area contributed by atoms with Crippen LogP contribution in [-0.2, 0) is 17.6 Å². The van der Waals surface area contributed by atoms with Gasteiger partial charge >= 0.3 is 5.97 Å². The molecule has 6 heteroatoms. The smallest absolute Gasteiger partial charge is 0.331 e. The van der Waals surface area contributed by atoms with Crippen LogP contribution in [-0.4, -0.2) is 49.3 Å². The predicted molar refractivity (Wildman–Crippen MR) is 99.0 cm³/mol. The summed E-state index contributed by atoms with van der Waals surface area (Å²) in [4.78, 5) is 16.7. The fraction of sp³-hybridized carbons (Fsp3) is 0.350. The average molecular weight is 356 g/mol. The van der Waals surface area contributed by atoms with Crippen molar-refractivity contribution in [2.24, 2.45) is 0 Å². The van der Waals surface area contributed by atoms with Crippen molar-refractivity contribution in [2.75, 3.05) is 28.3 Å². The predicted octanol–water partition coefficient (Wildman–Crippen LogP) is 2.79. The number of hydrogen-bond donors (Lipinski definition) is 2. The van der Waals surface area contributed by atoms with E-state index in [0.717, 1.165) is 22.4 Å². The number of nitrogens with one attached hydrogen (secondary N) is 1. The summed E-state index contributed by atoms with van der Waals surface area (Å²) in [6.45, 7) is 0. The maximum absolute atomic E-state index is 11.3. The Kier molecular flexibility index (Phi) is 5.04. The number of carboxylic acids is 1. The first kappa shape index (κ1) is 18.1. The fourth-order valence-corrected chi connectivity index (χ4v) is 3.66. The van der Waals surface area contributed by atoms with Gasteiger partial charge in [0.15, 0.2) is 11.5 Å². The number of fused-ring (bicyclic) bond motifs is 1. The van der Waals surface area contributed by atoms with Crippen LogP contribution < -0.4 is 9.47 Å². The number of carbonyl (C=O) groups is 1. The molecule has 2 aromatic rings. The summed E-state index contributed by atoms with van der Waals surface area (Å²) in [5, 5.41) is 9.25. The molecule has 1 aromatic carbocycles. The van der Waals surface area contributed by atoms with Crippen LogP contribution in [0.3, 0.4) is 0 Å². The lowest BCUT2D eigenvalue weighted by atomic mass is 9.89. The highest BCUT2D eigenvalue weighted by Crippen LogP contribution is 2.41. The average Bonchev–Trinajstić information content (AvgIpc) is 3.04. The molecule has 0 aliphatic heterocycles. The monoisotopic (exact) mass is 356 g/mol. The molecule has 1 unspecified atom stereocenters. The molecule has 6 nitrogen and oxygen atoms in total. The molecular formula is C20H24N2O4. The third kappa shape index (κ3) is 3.08. The Hall–Kier alpha value is -2.73. The molecule has 0 amide bonds. The van der Waals surface area contributed by atoms with Crippen LogP contribution in [0.15, 0.2) is 36.0 Å². The number of rotatable bonds is 6. The van der Waals surface area contributed by atoms with Crippen LogP contribution in [0.25, 0.3) is 0 Å². The van der Waals surface area contributed by atoms with E-state index in [9.17, 15) is 9.90 Å². The van der Waals surface area contributed by atoms with Gasteiger partial charge in [0.2, 0.25) is 0 Å². The number of benzene rings is 1. The maximum Gasteiger partial charge on any atom is 0.331 e. The highest BCUT2D eigenvalue weighted by molar-refractivity contribution is 5.87. The Morgan fingerprint density at radius 3 is 2.62 bits per heavy atom. The zero-order chi connectivity index (χ0) is 18.8. The first-order chi connectivity index (χ1) is 12.5. The van der Waals surface area contributed by atoms with Crippen molar-refractivity contribution in [2.45, 2.75) is 18.9 Å². The quantitative estimate of drug-likeness (QED) is 0.832. The molecule has 3 rings (SSSR count). The third-order valence-electron chi connectivity index (χ3n) is 4.85. The standard InChI is InChI=1S/C20H24N2O4/c1-22(2)18(14-6-5-7-17(25-3)19(14)26-4)15-11-21-16-10-12(20(23)24)8-9-13(15)16/h5-8,11,18,21H,9-10H2,1-4H3,(H,23,24). The molecule has 0 spiro atoms. The number of aliphatic carboxylic acids is 1. The van der Waals surface area contributed by atoms with Gasteiger partial charge in [-0.25, -0.2) is 4.79 Å². The summed E-state index contributed by atoms with van der Waals surface area (Å²) >= 11 is 0. The van der Waals surface area contributed by atoms with Crippen molar-refractivity contribution in [1.82, 2.24) is 9.88 Å². The van der Waals surface area contributed by atoms with E-state index in [-0.39, 0.29) is 6.04 Å². The lowest BCUT2D eigenvalue weighted by Crippen LogP contribution is -2.23. The van der Waals surface area contributed by atoms with Crippen molar-refractivity contribution in [1.29, 1.82) is 0 Å². The van der Waals surface area contributed by atoms with Crippen LogP contribution in [0, 0.1) is 0 Å². The number of nitrogens with zero attached hydrogens (tertiary/aromatic N) is 1. The Balaban J connectivity index is 2.08. The summed E-state index contributed by atoms with van der Waals surface area (Å²) in [5.74, 6) is 0.543. The zero-order valence-corrected chi connectivity index (χ0v) is 15.5. The summed E-state index contributed by atoms with van der Waals surface area (Å²) < 4.78 is 11.1.